The van der Waals surface area contributed by atoms with Crippen molar-refractivity contribution in [3.63, 3.8) is 0 Å². The van der Waals surface area contributed by atoms with Crippen LogP contribution in [-0.4, -0.2) is 32.8 Å². The molecule has 1 fully saturated rings. The van der Waals surface area contributed by atoms with Gasteiger partial charge >= 0.3 is 0 Å². The van der Waals surface area contributed by atoms with Crippen molar-refractivity contribution in [3.8, 4) is 22.4 Å². The van der Waals surface area contributed by atoms with Gasteiger partial charge in [0, 0.05) is 34.6 Å². The zero-order valence-electron chi connectivity index (χ0n) is 17.6. The summed E-state index contributed by atoms with van der Waals surface area (Å²) >= 11 is 0. The summed E-state index contributed by atoms with van der Waals surface area (Å²) in [4.78, 5) is 5.00. The van der Waals surface area contributed by atoms with Gasteiger partial charge in [-0.3, -0.25) is 10.1 Å². The van der Waals surface area contributed by atoms with Crippen LogP contribution in [-0.2, 0) is 6.54 Å². The monoisotopic (exact) mass is 407 g/mol. The molecule has 0 saturated carbocycles. The first-order chi connectivity index (χ1) is 15.3. The van der Waals surface area contributed by atoms with Gasteiger partial charge in [-0.15, -0.1) is 0 Å². The molecule has 1 unspecified atom stereocenters. The minimum absolute atomic E-state index is 0.679. The van der Waals surface area contributed by atoms with Crippen LogP contribution in [0.1, 0.15) is 12.0 Å². The predicted octanol–water partition coefficient (Wildman–Crippen LogP) is 5.16. The molecule has 154 valence electrons. The number of aromatic nitrogens is 4. The SMILES string of the molecule is Cc1ccc(-c2ncc3c(ccn3CC3CCNC3)c2-c2ccc3[nH]ncc3c2)cc1. The molecule has 1 atom stereocenters. The number of hydrogen-bond acceptors (Lipinski definition) is 3. The lowest BCUT2D eigenvalue weighted by Gasteiger charge is -2.14. The molecule has 3 aromatic heterocycles. The normalized spacial score (nSPS) is 16.5. The van der Waals surface area contributed by atoms with E-state index < -0.39 is 0 Å². The van der Waals surface area contributed by atoms with Gasteiger partial charge in [0.1, 0.15) is 0 Å². The van der Waals surface area contributed by atoms with Crippen molar-refractivity contribution in [1.82, 2.24) is 25.1 Å². The summed E-state index contributed by atoms with van der Waals surface area (Å²) in [5, 5.41) is 13.1. The fraction of sp³-hybridized carbons (Fsp3) is 0.231. The van der Waals surface area contributed by atoms with Crippen molar-refractivity contribution < 1.29 is 0 Å². The highest BCUT2D eigenvalue weighted by Crippen LogP contribution is 2.38. The Balaban J connectivity index is 1.56. The standard InChI is InChI=1S/C26H25N5/c1-17-2-4-19(5-3-17)26-25(20-6-7-23-21(12-20)14-29-30-23)22-9-11-31(24(22)15-28-26)16-18-8-10-27-13-18/h2-7,9,11-12,14-15,18,27H,8,10,13,16H2,1H3,(H,29,30). The van der Waals surface area contributed by atoms with Gasteiger partial charge in [0.2, 0.25) is 0 Å². The lowest BCUT2D eigenvalue weighted by Crippen LogP contribution is -2.14. The van der Waals surface area contributed by atoms with E-state index in [0.717, 1.165) is 41.8 Å². The number of hydrogen-bond donors (Lipinski definition) is 2. The molecule has 5 nitrogen and oxygen atoms in total. The highest BCUT2D eigenvalue weighted by molar-refractivity contribution is 6.03. The second kappa shape index (κ2) is 7.36. The van der Waals surface area contributed by atoms with Gasteiger partial charge in [0.15, 0.2) is 0 Å². The molecular formula is C26H25N5. The van der Waals surface area contributed by atoms with Crippen molar-refractivity contribution in [1.29, 1.82) is 0 Å². The summed E-state index contributed by atoms with van der Waals surface area (Å²) in [6.07, 6.45) is 7.39. The summed E-state index contributed by atoms with van der Waals surface area (Å²) in [6.45, 7) is 5.36. The Labute approximate surface area is 181 Å². The molecule has 5 aromatic rings. The van der Waals surface area contributed by atoms with E-state index in [1.54, 1.807) is 0 Å². The molecule has 0 bridgehead atoms. The zero-order valence-corrected chi connectivity index (χ0v) is 17.6. The Morgan fingerprint density at radius 3 is 2.74 bits per heavy atom. The Hall–Kier alpha value is -3.44. The molecular weight excluding hydrogens is 382 g/mol. The van der Waals surface area contributed by atoms with Crippen LogP contribution in [0.3, 0.4) is 0 Å². The maximum absolute atomic E-state index is 5.00. The summed E-state index contributed by atoms with van der Waals surface area (Å²) in [5.74, 6) is 0.679. The van der Waals surface area contributed by atoms with E-state index in [9.17, 15) is 0 Å². The maximum atomic E-state index is 5.00. The van der Waals surface area contributed by atoms with Gasteiger partial charge in [0.05, 0.1) is 29.1 Å². The first-order valence-electron chi connectivity index (χ1n) is 11.0. The smallest absolute Gasteiger partial charge is 0.0788 e. The van der Waals surface area contributed by atoms with Crippen LogP contribution in [0, 0.1) is 12.8 Å². The van der Waals surface area contributed by atoms with E-state index in [4.69, 9.17) is 4.98 Å². The summed E-state index contributed by atoms with van der Waals surface area (Å²) in [5.41, 5.74) is 8.02. The largest absolute Gasteiger partial charge is 0.346 e. The summed E-state index contributed by atoms with van der Waals surface area (Å²) in [7, 11) is 0. The van der Waals surface area contributed by atoms with Gasteiger partial charge in [-0.05, 0) is 56.1 Å². The fourth-order valence-electron chi connectivity index (χ4n) is 4.79. The van der Waals surface area contributed by atoms with Crippen LogP contribution >= 0.6 is 0 Å². The highest BCUT2D eigenvalue weighted by Gasteiger charge is 2.19. The molecule has 31 heavy (non-hydrogen) atoms. The Morgan fingerprint density at radius 1 is 1.03 bits per heavy atom. The molecule has 5 heteroatoms. The van der Waals surface area contributed by atoms with E-state index in [-0.39, 0.29) is 0 Å². The maximum Gasteiger partial charge on any atom is 0.0788 e. The number of aromatic amines is 1. The van der Waals surface area contributed by atoms with Gasteiger partial charge in [-0.2, -0.15) is 5.10 Å². The first kappa shape index (κ1) is 18.3. The number of nitrogens with one attached hydrogen (secondary N) is 2. The van der Waals surface area contributed by atoms with Crippen LogP contribution in [0.4, 0.5) is 0 Å². The topological polar surface area (TPSA) is 58.5 Å². The highest BCUT2D eigenvalue weighted by atomic mass is 15.1. The second-order valence-electron chi connectivity index (χ2n) is 8.65. The fourth-order valence-corrected chi connectivity index (χ4v) is 4.79. The van der Waals surface area contributed by atoms with Gasteiger partial charge < -0.3 is 9.88 Å². The number of fused-ring (bicyclic) bond motifs is 2. The molecule has 2 N–H and O–H groups in total. The minimum Gasteiger partial charge on any atom is -0.346 e. The molecule has 1 aliphatic heterocycles. The van der Waals surface area contributed by atoms with Gasteiger partial charge in [0.25, 0.3) is 0 Å². The number of H-pyrrole nitrogens is 1. The molecule has 0 aliphatic carbocycles. The van der Waals surface area contributed by atoms with Crippen molar-refractivity contribution >= 4 is 21.8 Å². The quantitative estimate of drug-likeness (QED) is 0.432. The lowest BCUT2D eigenvalue weighted by atomic mass is 9.95. The number of pyridine rings is 1. The van der Waals surface area contributed by atoms with Crippen LogP contribution in [0.25, 0.3) is 44.2 Å². The average molecular weight is 408 g/mol. The van der Waals surface area contributed by atoms with E-state index in [0.29, 0.717) is 5.92 Å². The lowest BCUT2D eigenvalue weighted by molar-refractivity contribution is 0.491. The van der Waals surface area contributed by atoms with Crippen LogP contribution in [0.15, 0.2) is 67.1 Å². The Kier molecular flexibility index (Phi) is 4.35. The van der Waals surface area contributed by atoms with Crippen molar-refractivity contribution in [2.24, 2.45) is 5.92 Å². The summed E-state index contributed by atoms with van der Waals surface area (Å²) < 4.78 is 2.37. The third-order valence-electron chi connectivity index (χ3n) is 6.50. The predicted molar refractivity (Wildman–Crippen MR) is 126 cm³/mol. The van der Waals surface area contributed by atoms with E-state index in [1.807, 2.05) is 12.4 Å². The van der Waals surface area contributed by atoms with Crippen LogP contribution in [0.5, 0.6) is 0 Å². The van der Waals surface area contributed by atoms with Crippen molar-refractivity contribution in [2.45, 2.75) is 19.9 Å². The first-order valence-corrected chi connectivity index (χ1v) is 11.0. The number of rotatable bonds is 4. The van der Waals surface area contributed by atoms with Crippen LogP contribution in [0.2, 0.25) is 0 Å². The molecule has 1 saturated heterocycles. The van der Waals surface area contributed by atoms with Crippen molar-refractivity contribution in [3.05, 3.63) is 72.7 Å². The van der Waals surface area contributed by atoms with Crippen molar-refractivity contribution in [2.75, 3.05) is 13.1 Å². The molecule has 6 rings (SSSR count). The molecule has 0 radical (unpaired) electrons. The molecule has 4 heterocycles. The Morgan fingerprint density at radius 2 is 1.90 bits per heavy atom. The molecule has 2 aromatic carbocycles. The van der Waals surface area contributed by atoms with E-state index in [2.05, 4.69) is 81.7 Å². The van der Waals surface area contributed by atoms with E-state index >= 15 is 0 Å². The van der Waals surface area contributed by atoms with Gasteiger partial charge in [-0.1, -0.05) is 35.9 Å². The van der Waals surface area contributed by atoms with Gasteiger partial charge in [-0.25, -0.2) is 0 Å². The number of benzene rings is 2. The third-order valence-corrected chi connectivity index (χ3v) is 6.50. The minimum atomic E-state index is 0.679. The molecule has 0 spiro atoms. The Bertz CT molecular complexity index is 1370. The number of aryl methyl sites for hydroxylation is 1. The third kappa shape index (κ3) is 3.22. The molecule has 1 aliphatic rings. The summed E-state index contributed by atoms with van der Waals surface area (Å²) in [6, 6.07) is 17.4. The average Bonchev–Trinajstić information content (AvgIpc) is 3.55. The zero-order chi connectivity index (χ0) is 20.8. The second-order valence-corrected chi connectivity index (χ2v) is 8.65. The van der Waals surface area contributed by atoms with Crippen LogP contribution < -0.4 is 5.32 Å². The molecule has 0 amide bonds. The van der Waals surface area contributed by atoms with E-state index in [1.165, 1.54) is 34.0 Å². The number of nitrogens with zero attached hydrogens (tertiary/aromatic N) is 3.